The van der Waals surface area contributed by atoms with Crippen molar-refractivity contribution in [1.82, 2.24) is 15.2 Å². The van der Waals surface area contributed by atoms with Gasteiger partial charge in [-0.25, -0.2) is 4.79 Å². The molecule has 1 atom stereocenters. The zero-order valence-corrected chi connectivity index (χ0v) is 11.2. The van der Waals surface area contributed by atoms with Gasteiger partial charge in [-0.3, -0.25) is 9.78 Å². The third kappa shape index (κ3) is 4.95. The summed E-state index contributed by atoms with van der Waals surface area (Å²) in [5.74, 6) is -1.01. The number of carboxylic acid groups (broad SMARTS) is 1. The third-order valence-corrected chi connectivity index (χ3v) is 2.65. The maximum atomic E-state index is 12.0. The van der Waals surface area contributed by atoms with Crippen molar-refractivity contribution in [2.75, 3.05) is 13.1 Å². The number of hydrogen-bond acceptors (Lipinski definition) is 3. The molecular weight excluding hydrogens is 246 g/mol. The minimum Gasteiger partial charge on any atom is -0.480 e. The van der Waals surface area contributed by atoms with Gasteiger partial charge in [0.15, 0.2) is 0 Å². The van der Waals surface area contributed by atoms with Crippen LogP contribution >= 0.6 is 0 Å². The molecule has 0 aliphatic rings. The van der Waals surface area contributed by atoms with Crippen molar-refractivity contribution in [3.63, 3.8) is 0 Å². The van der Waals surface area contributed by atoms with E-state index in [0.29, 0.717) is 13.0 Å². The fraction of sp³-hybridized carbons (Fsp3) is 0.462. The monoisotopic (exact) mass is 265 g/mol. The van der Waals surface area contributed by atoms with E-state index >= 15 is 0 Å². The van der Waals surface area contributed by atoms with Crippen LogP contribution in [0, 0.1) is 0 Å². The number of carbonyl (C=O) groups excluding carboxylic acids is 1. The number of amides is 2. The Labute approximate surface area is 112 Å². The van der Waals surface area contributed by atoms with Crippen molar-refractivity contribution in [2.45, 2.75) is 26.3 Å². The second-order valence-corrected chi connectivity index (χ2v) is 4.27. The van der Waals surface area contributed by atoms with Crippen LogP contribution < -0.4 is 5.32 Å². The molecule has 0 aliphatic heterocycles. The molecule has 0 bridgehead atoms. The van der Waals surface area contributed by atoms with E-state index in [1.54, 1.807) is 12.4 Å². The zero-order chi connectivity index (χ0) is 14.3. The standard InChI is InChI=1S/C13H19N3O3/c1-3-8-16(9-12(17)18)13(19)15-10(2)11-4-6-14-7-5-11/h4-7,10H,3,8-9H2,1-2H3,(H,15,19)(H,17,18). The molecule has 104 valence electrons. The molecule has 1 aromatic rings. The van der Waals surface area contributed by atoms with E-state index in [0.717, 1.165) is 5.56 Å². The number of rotatable bonds is 6. The van der Waals surface area contributed by atoms with Crippen molar-refractivity contribution < 1.29 is 14.7 Å². The molecule has 0 saturated carbocycles. The highest BCUT2D eigenvalue weighted by atomic mass is 16.4. The van der Waals surface area contributed by atoms with Gasteiger partial charge in [0.05, 0.1) is 6.04 Å². The molecule has 0 aromatic carbocycles. The Morgan fingerprint density at radius 3 is 2.58 bits per heavy atom. The molecule has 6 nitrogen and oxygen atoms in total. The van der Waals surface area contributed by atoms with Crippen LogP contribution in [0.15, 0.2) is 24.5 Å². The van der Waals surface area contributed by atoms with Crippen LogP contribution in [-0.4, -0.2) is 40.1 Å². The van der Waals surface area contributed by atoms with E-state index in [2.05, 4.69) is 10.3 Å². The van der Waals surface area contributed by atoms with Crippen LogP contribution in [-0.2, 0) is 4.79 Å². The summed E-state index contributed by atoms with van der Waals surface area (Å²) in [6.45, 7) is 3.87. The van der Waals surface area contributed by atoms with Gasteiger partial charge in [-0.05, 0) is 31.0 Å². The van der Waals surface area contributed by atoms with Crippen molar-refractivity contribution in [3.8, 4) is 0 Å². The lowest BCUT2D eigenvalue weighted by molar-refractivity contribution is -0.137. The third-order valence-electron chi connectivity index (χ3n) is 2.65. The maximum Gasteiger partial charge on any atom is 0.323 e. The largest absolute Gasteiger partial charge is 0.480 e. The lowest BCUT2D eigenvalue weighted by Crippen LogP contribution is -2.43. The summed E-state index contributed by atoms with van der Waals surface area (Å²) in [6, 6.07) is 3.07. The van der Waals surface area contributed by atoms with Crippen molar-refractivity contribution in [2.24, 2.45) is 0 Å². The van der Waals surface area contributed by atoms with Crippen LogP contribution in [0.3, 0.4) is 0 Å². The fourth-order valence-corrected chi connectivity index (χ4v) is 1.70. The van der Waals surface area contributed by atoms with Gasteiger partial charge in [0.1, 0.15) is 6.54 Å². The fourth-order valence-electron chi connectivity index (χ4n) is 1.70. The van der Waals surface area contributed by atoms with Gasteiger partial charge in [0, 0.05) is 18.9 Å². The van der Waals surface area contributed by atoms with Gasteiger partial charge in [-0.1, -0.05) is 6.92 Å². The summed E-state index contributed by atoms with van der Waals surface area (Å²) in [7, 11) is 0. The topological polar surface area (TPSA) is 82.5 Å². The Bertz CT molecular complexity index is 422. The minimum atomic E-state index is -1.01. The van der Waals surface area contributed by atoms with Gasteiger partial charge in [0.25, 0.3) is 0 Å². The SMILES string of the molecule is CCCN(CC(=O)O)C(=O)NC(C)c1ccncc1. The van der Waals surface area contributed by atoms with E-state index in [-0.39, 0.29) is 18.6 Å². The Morgan fingerprint density at radius 2 is 2.05 bits per heavy atom. The molecule has 0 fully saturated rings. The number of aliphatic carboxylic acids is 1. The number of carboxylic acids is 1. The van der Waals surface area contributed by atoms with Crippen LogP contribution in [0.4, 0.5) is 4.79 Å². The van der Waals surface area contributed by atoms with E-state index in [1.807, 2.05) is 26.0 Å². The summed E-state index contributed by atoms with van der Waals surface area (Å²) in [4.78, 5) is 27.9. The number of pyridine rings is 1. The first kappa shape index (κ1) is 14.9. The lowest BCUT2D eigenvalue weighted by atomic mass is 10.1. The van der Waals surface area contributed by atoms with E-state index in [4.69, 9.17) is 5.11 Å². The molecule has 2 amide bonds. The first-order chi connectivity index (χ1) is 9.04. The Kier molecular flexibility index (Phi) is 5.78. The quantitative estimate of drug-likeness (QED) is 0.819. The predicted octanol–water partition coefficient (Wildman–Crippen LogP) is 1.65. The van der Waals surface area contributed by atoms with Gasteiger partial charge in [0.2, 0.25) is 0 Å². The summed E-state index contributed by atoms with van der Waals surface area (Å²) in [5.41, 5.74) is 0.926. The van der Waals surface area contributed by atoms with Crippen LogP contribution in [0.2, 0.25) is 0 Å². The van der Waals surface area contributed by atoms with E-state index in [9.17, 15) is 9.59 Å². The Balaban J connectivity index is 2.63. The van der Waals surface area contributed by atoms with Crippen LogP contribution in [0.1, 0.15) is 31.9 Å². The van der Waals surface area contributed by atoms with Crippen molar-refractivity contribution in [1.29, 1.82) is 0 Å². The van der Waals surface area contributed by atoms with Crippen LogP contribution in [0.5, 0.6) is 0 Å². The number of nitrogens with zero attached hydrogens (tertiary/aromatic N) is 2. The van der Waals surface area contributed by atoms with E-state index < -0.39 is 5.97 Å². The Hall–Kier alpha value is -2.11. The summed E-state index contributed by atoms with van der Waals surface area (Å²) in [6.07, 6.45) is 4.02. The number of urea groups is 1. The first-order valence-electron chi connectivity index (χ1n) is 6.21. The first-order valence-corrected chi connectivity index (χ1v) is 6.21. The normalized spacial score (nSPS) is 11.7. The second-order valence-electron chi connectivity index (χ2n) is 4.27. The molecule has 0 spiro atoms. The zero-order valence-electron chi connectivity index (χ0n) is 11.2. The molecular formula is C13H19N3O3. The molecule has 6 heteroatoms. The van der Waals surface area contributed by atoms with E-state index in [1.165, 1.54) is 4.90 Å². The average Bonchev–Trinajstić information content (AvgIpc) is 2.38. The molecule has 1 rings (SSSR count). The van der Waals surface area contributed by atoms with Crippen LogP contribution in [0.25, 0.3) is 0 Å². The molecule has 0 saturated heterocycles. The van der Waals surface area contributed by atoms with Gasteiger partial charge >= 0.3 is 12.0 Å². The molecule has 19 heavy (non-hydrogen) atoms. The molecule has 1 unspecified atom stereocenters. The molecule has 0 aliphatic carbocycles. The second kappa shape index (κ2) is 7.35. The van der Waals surface area contributed by atoms with Gasteiger partial charge < -0.3 is 15.3 Å². The van der Waals surface area contributed by atoms with Gasteiger partial charge in [-0.15, -0.1) is 0 Å². The number of hydrogen-bond donors (Lipinski definition) is 2. The van der Waals surface area contributed by atoms with Crippen molar-refractivity contribution >= 4 is 12.0 Å². The number of nitrogens with one attached hydrogen (secondary N) is 1. The summed E-state index contributed by atoms with van der Waals surface area (Å²) >= 11 is 0. The highest BCUT2D eigenvalue weighted by molar-refractivity contribution is 5.80. The lowest BCUT2D eigenvalue weighted by Gasteiger charge is -2.23. The summed E-state index contributed by atoms with van der Waals surface area (Å²) in [5, 5.41) is 11.6. The minimum absolute atomic E-state index is 0.191. The molecule has 1 aromatic heterocycles. The van der Waals surface area contributed by atoms with Crippen molar-refractivity contribution in [3.05, 3.63) is 30.1 Å². The van der Waals surface area contributed by atoms with Gasteiger partial charge in [-0.2, -0.15) is 0 Å². The smallest absolute Gasteiger partial charge is 0.323 e. The summed E-state index contributed by atoms with van der Waals surface area (Å²) < 4.78 is 0. The molecule has 1 heterocycles. The predicted molar refractivity (Wildman–Crippen MR) is 70.7 cm³/mol. The average molecular weight is 265 g/mol. The maximum absolute atomic E-state index is 12.0. The number of carbonyl (C=O) groups is 2. The Morgan fingerprint density at radius 1 is 1.42 bits per heavy atom. The highest BCUT2D eigenvalue weighted by Gasteiger charge is 2.18. The number of aromatic nitrogens is 1. The molecule has 2 N–H and O–H groups in total. The highest BCUT2D eigenvalue weighted by Crippen LogP contribution is 2.10. The molecule has 0 radical (unpaired) electrons.